The van der Waals surface area contributed by atoms with Crippen LogP contribution in [0.3, 0.4) is 0 Å². The lowest BCUT2D eigenvalue weighted by Gasteiger charge is -2.04. The van der Waals surface area contributed by atoms with E-state index in [1.807, 2.05) is 18.5 Å². The van der Waals surface area contributed by atoms with Gasteiger partial charge in [0.15, 0.2) is 0 Å². The molecular formula is C10H13N3O. The van der Waals surface area contributed by atoms with Crippen LogP contribution in [0, 0.1) is 0 Å². The molecule has 1 heterocycles. The van der Waals surface area contributed by atoms with E-state index in [2.05, 4.69) is 4.98 Å². The van der Waals surface area contributed by atoms with E-state index in [-0.39, 0.29) is 11.8 Å². The summed E-state index contributed by atoms with van der Waals surface area (Å²) in [6.45, 7) is 1.89. The molecule has 2 rings (SSSR count). The first-order valence-corrected chi connectivity index (χ1v) is 4.50. The molecule has 0 aliphatic heterocycles. The third-order valence-corrected chi connectivity index (χ3v) is 2.31. The van der Waals surface area contributed by atoms with Crippen LogP contribution >= 0.6 is 0 Å². The molecule has 4 nitrogen and oxygen atoms in total. The minimum absolute atomic E-state index is 0.102. The number of hydrogen-bond donors (Lipinski definition) is 2. The van der Waals surface area contributed by atoms with Gasteiger partial charge in [0.25, 0.3) is 0 Å². The van der Waals surface area contributed by atoms with Gasteiger partial charge >= 0.3 is 0 Å². The monoisotopic (exact) mass is 191 g/mol. The van der Waals surface area contributed by atoms with Crippen LogP contribution in [0.2, 0.25) is 0 Å². The van der Waals surface area contributed by atoms with Crippen molar-refractivity contribution in [3.63, 3.8) is 0 Å². The van der Waals surface area contributed by atoms with Crippen LogP contribution < -0.4 is 5.73 Å². The molecule has 0 fully saturated rings. The highest BCUT2D eigenvalue weighted by molar-refractivity contribution is 5.77. The molecule has 1 aromatic heterocycles. The zero-order chi connectivity index (χ0) is 10.3. The van der Waals surface area contributed by atoms with E-state index in [1.165, 1.54) is 0 Å². The van der Waals surface area contributed by atoms with Crippen molar-refractivity contribution >= 4 is 11.0 Å². The van der Waals surface area contributed by atoms with Crippen LogP contribution in [0.5, 0.6) is 5.75 Å². The first-order chi connectivity index (χ1) is 6.59. The fourth-order valence-corrected chi connectivity index (χ4v) is 1.60. The van der Waals surface area contributed by atoms with Crippen LogP contribution in [0.4, 0.5) is 0 Å². The molecule has 1 aromatic carbocycles. The Morgan fingerprint density at radius 2 is 2.21 bits per heavy atom. The van der Waals surface area contributed by atoms with E-state index in [1.54, 1.807) is 18.2 Å². The number of benzene rings is 1. The third kappa shape index (κ3) is 1.24. The molecule has 0 saturated heterocycles. The van der Waals surface area contributed by atoms with E-state index in [4.69, 9.17) is 5.73 Å². The topological polar surface area (TPSA) is 64.1 Å². The molecule has 0 aliphatic rings. The zero-order valence-electron chi connectivity index (χ0n) is 8.23. The summed E-state index contributed by atoms with van der Waals surface area (Å²) in [4.78, 5) is 4.38. The Bertz CT molecular complexity index is 473. The second-order valence-corrected chi connectivity index (χ2v) is 3.49. The average molecular weight is 191 g/mol. The summed E-state index contributed by atoms with van der Waals surface area (Å²) in [5.74, 6) is 1.07. The van der Waals surface area contributed by atoms with Crippen LogP contribution in [-0.4, -0.2) is 14.7 Å². The van der Waals surface area contributed by atoms with E-state index >= 15 is 0 Å². The standard InChI is InChI=1S/C10H13N3O/c1-6(11)10-12-8-4-3-7(14)5-9(8)13(10)2/h3-6,14H,11H2,1-2H3/t6-/m0/s1. The van der Waals surface area contributed by atoms with Gasteiger partial charge in [-0.3, -0.25) is 0 Å². The summed E-state index contributed by atoms with van der Waals surface area (Å²) >= 11 is 0. The smallest absolute Gasteiger partial charge is 0.126 e. The molecule has 74 valence electrons. The highest BCUT2D eigenvalue weighted by Crippen LogP contribution is 2.22. The normalized spacial score (nSPS) is 13.4. The van der Waals surface area contributed by atoms with Crippen molar-refractivity contribution in [3.8, 4) is 5.75 Å². The van der Waals surface area contributed by atoms with Crippen molar-refractivity contribution in [2.75, 3.05) is 0 Å². The second-order valence-electron chi connectivity index (χ2n) is 3.49. The Labute approximate surface area is 82.0 Å². The van der Waals surface area contributed by atoms with Crippen LogP contribution in [-0.2, 0) is 7.05 Å². The Morgan fingerprint density at radius 1 is 1.50 bits per heavy atom. The highest BCUT2D eigenvalue weighted by Gasteiger charge is 2.10. The first-order valence-electron chi connectivity index (χ1n) is 4.50. The van der Waals surface area contributed by atoms with Crippen molar-refractivity contribution in [1.29, 1.82) is 0 Å². The van der Waals surface area contributed by atoms with Gasteiger partial charge in [-0.05, 0) is 19.1 Å². The molecule has 0 amide bonds. The van der Waals surface area contributed by atoms with Crippen LogP contribution in [0.25, 0.3) is 11.0 Å². The summed E-state index contributed by atoms with van der Waals surface area (Å²) in [7, 11) is 1.90. The molecular weight excluding hydrogens is 178 g/mol. The number of rotatable bonds is 1. The lowest BCUT2D eigenvalue weighted by molar-refractivity contribution is 0.476. The first kappa shape index (κ1) is 9.02. The number of aromatic nitrogens is 2. The van der Waals surface area contributed by atoms with E-state index in [0.717, 1.165) is 16.9 Å². The fraction of sp³-hybridized carbons (Fsp3) is 0.300. The zero-order valence-corrected chi connectivity index (χ0v) is 8.23. The van der Waals surface area contributed by atoms with Gasteiger partial charge in [-0.2, -0.15) is 0 Å². The van der Waals surface area contributed by atoms with Gasteiger partial charge in [0.05, 0.1) is 17.1 Å². The van der Waals surface area contributed by atoms with Gasteiger partial charge < -0.3 is 15.4 Å². The largest absolute Gasteiger partial charge is 0.508 e. The van der Waals surface area contributed by atoms with Gasteiger partial charge in [-0.25, -0.2) is 4.98 Å². The Hall–Kier alpha value is -1.55. The van der Waals surface area contributed by atoms with Crippen molar-refractivity contribution in [3.05, 3.63) is 24.0 Å². The molecule has 0 aliphatic carbocycles. The number of aromatic hydroxyl groups is 1. The Kier molecular flexibility index (Phi) is 1.93. The minimum Gasteiger partial charge on any atom is -0.508 e. The Balaban J connectivity index is 2.74. The van der Waals surface area contributed by atoms with Crippen LogP contribution in [0.15, 0.2) is 18.2 Å². The molecule has 2 aromatic rings. The van der Waals surface area contributed by atoms with Gasteiger partial charge in [0.2, 0.25) is 0 Å². The van der Waals surface area contributed by atoms with Gasteiger partial charge in [0, 0.05) is 13.1 Å². The number of imidazole rings is 1. The SMILES string of the molecule is C[C@H](N)c1nc2ccc(O)cc2n1C. The lowest BCUT2D eigenvalue weighted by atomic mass is 10.3. The van der Waals surface area contributed by atoms with Crippen molar-refractivity contribution in [2.45, 2.75) is 13.0 Å². The number of aryl methyl sites for hydroxylation is 1. The van der Waals surface area contributed by atoms with Crippen LogP contribution in [0.1, 0.15) is 18.8 Å². The summed E-state index contributed by atoms with van der Waals surface area (Å²) < 4.78 is 1.90. The third-order valence-electron chi connectivity index (χ3n) is 2.31. The number of phenolic OH excluding ortho intramolecular Hbond substituents is 1. The number of nitrogens with zero attached hydrogens (tertiary/aromatic N) is 2. The number of hydrogen-bond acceptors (Lipinski definition) is 3. The predicted molar refractivity (Wildman–Crippen MR) is 55.0 cm³/mol. The van der Waals surface area contributed by atoms with E-state index in [0.29, 0.717) is 0 Å². The van der Waals surface area contributed by atoms with Gasteiger partial charge in [0.1, 0.15) is 11.6 Å². The molecule has 0 radical (unpaired) electrons. The molecule has 0 saturated carbocycles. The van der Waals surface area contributed by atoms with Crippen molar-refractivity contribution in [2.24, 2.45) is 12.8 Å². The molecule has 0 unspecified atom stereocenters. The number of fused-ring (bicyclic) bond motifs is 1. The van der Waals surface area contributed by atoms with Gasteiger partial charge in [-0.15, -0.1) is 0 Å². The maximum Gasteiger partial charge on any atom is 0.126 e. The molecule has 1 atom stereocenters. The van der Waals surface area contributed by atoms with Crippen molar-refractivity contribution in [1.82, 2.24) is 9.55 Å². The van der Waals surface area contributed by atoms with E-state index in [9.17, 15) is 5.11 Å². The maximum absolute atomic E-state index is 9.33. The van der Waals surface area contributed by atoms with E-state index < -0.39 is 0 Å². The summed E-state index contributed by atoms with van der Waals surface area (Å²) in [6.07, 6.45) is 0. The van der Waals surface area contributed by atoms with Crippen molar-refractivity contribution < 1.29 is 5.11 Å². The number of nitrogens with two attached hydrogens (primary N) is 1. The fourth-order valence-electron chi connectivity index (χ4n) is 1.60. The van der Waals surface area contributed by atoms with Gasteiger partial charge in [-0.1, -0.05) is 0 Å². The predicted octanol–water partition coefficient (Wildman–Crippen LogP) is 1.30. The quantitative estimate of drug-likeness (QED) is 0.714. The summed E-state index contributed by atoms with van der Waals surface area (Å²) in [6, 6.07) is 5.00. The molecule has 0 bridgehead atoms. The lowest BCUT2D eigenvalue weighted by Crippen LogP contribution is -2.11. The number of phenols is 1. The summed E-state index contributed by atoms with van der Waals surface area (Å²) in [5, 5.41) is 9.33. The minimum atomic E-state index is -0.102. The Morgan fingerprint density at radius 3 is 2.86 bits per heavy atom. The molecule has 0 spiro atoms. The second kappa shape index (κ2) is 2.99. The molecule has 14 heavy (non-hydrogen) atoms. The molecule has 4 heteroatoms. The maximum atomic E-state index is 9.33. The highest BCUT2D eigenvalue weighted by atomic mass is 16.3. The average Bonchev–Trinajstić information content (AvgIpc) is 2.44. The molecule has 3 N–H and O–H groups in total. The summed E-state index contributed by atoms with van der Waals surface area (Å²) in [5.41, 5.74) is 7.53.